The molecule has 2 N–H and O–H groups in total. The van der Waals surface area contributed by atoms with Crippen molar-refractivity contribution in [3.63, 3.8) is 0 Å². The lowest BCUT2D eigenvalue weighted by atomic mass is 10.0. The van der Waals surface area contributed by atoms with Gasteiger partial charge in [0.2, 0.25) is 5.91 Å². The highest BCUT2D eigenvalue weighted by atomic mass is 35.5. The van der Waals surface area contributed by atoms with E-state index in [9.17, 15) is 13.6 Å². The molecule has 154 valence electrons. The van der Waals surface area contributed by atoms with Crippen LogP contribution in [0, 0.1) is 11.7 Å². The third-order valence-electron chi connectivity index (χ3n) is 5.07. The predicted octanol–water partition coefficient (Wildman–Crippen LogP) is 4.22. The van der Waals surface area contributed by atoms with Crippen LogP contribution in [-0.2, 0) is 10.5 Å². The number of anilines is 1. The molecular formula is C19H15ClF2N6OS. The Morgan fingerprint density at radius 1 is 1.43 bits per heavy atom. The number of hydrogen-bond acceptors (Lipinski definition) is 5. The molecule has 0 unspecified atom stereocenters. The second-order valence-corrected chi connectivity index (χ2v) is 8.33. The van der Waals surface area contributed by atoms with E-state index in [1.165, 1.54) is 18.0 Å². The Balaban J connectivity index is 1.57. The van der Waals surface area contributed by atoms with Gasteiger partial charge in [-0.05, 0) is 12.7 Å². The number of benzene rings is 1. The van der Waals surface area contributed by atoms with Crippen LogP contribution >= 0.6 is 23.4 Å². The number of hydrogen-bond donors (Lipinski definition) is 2. The topological polar surface area (TPSA) is 88.0 Å². The number of thioether (sulfide) groups is 1. The van der Waals surface area contributed by atoms with E-state index in [0.29, 0.717) is 44.9 Å². The molecule has 1 amide bonds. The van der Waals surface area contributed by atoms with Crippen molar-refractivity contribution in [2.24, 2.45) is 5.92 Å². The third-order valence-corrected chi connectivity index (χ3v) is 6.01. The minimum Gasteiger partial charge on any atom is -0.309 e. The van der Waals surface area contributed by atoms with Gasteiger partial charge in [0.15, 0.2) is 11.5 Å². The van der Waals surface area contributed by atoms with Gasteiger partial charge in [-0.1, -0.05) is 11.6 Å². The third kappa shape index (κ3) is 3.10. The second-order valence-electron chi connectivity index (χ2n) is 7.08. The number of carbonyl (C=O) groups excluding carboxylic acids is 1. The molecule has 11 heteroatoms. The highest BCUT2D eigenvalue weighted by Gasteiger charge is 2.43. The molecule has 1 aliphatic rings. The fraction of sp³-hybridized carbons (Fsp3) is 0.263. The zero-order valence-corrected chi connectivity index (χ0v) is 17.2. The number of halogens is 3. The molecule has 1 saturated carbocycles. The fourth-order valence-electron chi connectivity index (χ4n) is 3.45. The lowest BCUT2D eigenvalue weighted by Gasteiger charge is -2.11. The largest absolute Gasteiger partial charge is 0.309 e. The van der Waals surface area contributed by atoms with Crippen LogP contribution in [0.15, 0.2) is 24.8 Å². The van der Waals surface area contributed by atoms with Gasteiger partial charge in [-0.25, -0.2) is 13.8 Å². The maximum atomic E-state index is 15.0. The Morgan fingerprint density at radius 3 is 2.97 bits per heavy atom. The summed E-state index contributed by atoms with van der Waals surface area (Å²) >= 11 is 7.88. The molecule has 3 aromatic heterocycles. The molecule has 7 nitrogen and oxygen atoms in total. The first-order valence-electron chi connectivity index (χ1n) is 9.09. The van der Waals surface area contributed by atoms with E-state index in [0.717, 1.165) is 0 Å². The zero-order valence-electron chi connectivity index (χ0n) is 15.6. The Bertz CT molecular complexity index is 1310. The summed E-state index contributed by atoms with van der Waals surface area (Å²) < 4.78 is 29.7. The maximum Gasteiger partial charge on any atom is 0.231 e. The van der Waals surface area contributed by atoms with Gasteiger partial charge in [-0.3, -0.25) is 14.9 Å². The summed E-state index contributed by atoms with van der Waals surface area (Å²) in [7, 11) is 0. The van der Waals surface area contributed by atoms with Gasteiger partial charge in [-0.15, -0.1) is 0 Å². The first kappa shape index (κ1) is 19.3. The van der Waals surface area contributed by atoms with Crippen molar-refractivity contribution < 1.29 is 13.6 Å². The number of imidazole rings is 1. The van der Waals surface area contributed by atoms with Crippen LogP contribution in [0.2, 0.25) is 5.02 Å². The molecule has 0 bridgehead atoms. The van der Waals surface area contributed by atoms with E-state index < -0.39 is 23.8 Å². The minimum atomic E-state index is -1.08. The molecule has 0 aliphatic heterocycles. The van der Waals surface area contributed by atoms with Gasteiger partial charge in [0.05, 0.1) is 40.7 Å². The van der Waals surface area contributed by atoms with Gasteiger partial charge in [-0.2, -0.15) is 16.9 Å². The Morgan fingerprint density at radius 2 is 2.23 bits per heavy atom. The average molecular weight is 449 g/mol. The molecule has 4 aromatic rings. The first-order chi connectivity index (χ1) is 14.5. The number of rotatable bonds is 5. The number of aromatic nitrogens is 5. The molecule has 1 aliphatic carbocycles. The van der Waals surface area contributed by atoms with Crippen molar-refractivity contribution >= 4 is 51.6 Å². The van der Waals surface area contributed by atoms with Crippen LogP contribution in [-0.4, -0.2) is 42.9 Å². The van der Waals surface area contributed by atoms with Gasteiger partial charge >= 0.3 is 0 Å². The van der Waals surface area contributed by atoms with Gasteiger partial charge in [0.1, 0.15) is 12.0 Å². The normalized spacial score (nSPS) is 18.3. The van der Waals surface area contributed by atoms with E-state index in [-0.39, 0.29) is 11.4 Å². The number of fused-ring (bicyclic) bond motifs is 2. The standard InChI is InChI=1S/C19H15ClF2N6OS/c1-30-7-10-17(22)16(20)15(9-3-24-27-18(9)10)12-5-28-6-13(25-14(28)4-23-12)26-19(29)8-2-11(8)21/h3-6,8,11H,2,7H2,1H3,(H,24,27)(H,26,29)/t8-,11+/m1/s1. The van der Waals surface area contributed by atoms with Crippen molar-refractivity contribution in [1.82, 2.24) is 24.6 Å². The van der Waals surface area contributed by atoms with Crippen molar-refractivity contribution in [3.8, 4) is 11.3 Å². The molecule has 0 spiro atoms. The van der Waals surface area contributed by atoms with E-state index >= 15 is 0 Å². The van der Waals surface area contributed by atoms with Crippen LogP contribution in [0.25, 0.3) is 27.8 Å². The maximum absolute atomic E-state index is 15.0. The molecule has 0 saturated heterocycles. The van der Waals surface area contributed by atoms with Crippen molar-refractivity contribution in [2.75, 3.05) is 11.6 Å². The molecule has 30 heavy (non-hydrogen) atoms. The number of aromatic amines is 1. The van der Waals surface area contributed by atoms with E-state index in [4.69, 9.17) is 11.6 Å². The Kier molecular flexibility index (Phi) is 4.62. The van der Waals surface area contributed by atoms with Crippen molar-refractivity contribution in [3.05, 3.63) is 41.2 Å². The number of nitrogens with one attached hydrogen (secondary N) is 2. The summed E-state index contributed by atoms with van der Waals surface area (Å²) in [6.07, 6.45) is 7.36. The van der Waals surface area contributed by atoms with E-state index in [1.807, 2.05) is 6.26 Å². The molecule has 5 rings (SSSR count). The first-order valence-corrected chi connectivity index (χ1v) is 10.9. The summed E-state index contributed by atoms with van der Waals surface area (Å²) in [6, 6.07) is 0. The van der Waals surface area contributed by atoms with Gasteiger partial charge < -0.3 is 9.72 Å². The molecular weight excluding hydrogens is 434 g/mol. The van der Waals surface area contributed by atoms with Crippen LogP contribution in [0.3, 0.4) is 0 Å². The molecule has 1 fully saturated rings. The number of H-pyrrole nitrogens is 1. The summed E-state index contributed by atoms with van der Waals surface area (Å²) in [6.45, 7) is 0. The van der Waals surface area contributed by atoms with Crippen molar-refractivity contribution in [2.45, 2.75) is 18.3 Å². The average Bonchev–Trinajstić information content (AvgIpc) is 3.11. The van der Waals surface area contributed by atoms with Crippen LogP contribution in [0.1, 0.15) is 12.0 Å². The number of nitrogens with zero attached hydrogens (tertiary/aromatic N) is 4. The summed E-state index contributed by atoms with van der Waals surface area (Å²) in [4.78, 5) is 20.6. The summed E-state index contributed by atoms with van der Waals surface area (Å²) in [5.41, 5.74) is 2.35. The SMILES string of the molecule is CSCc1c(F)c(Cl)c(-c2cn3cc(NC(=O)[C@@H]4C[C@@H]4F)nc3cn2)c2cn[nH]c12. The van der Waals surface area contributed by atoms with E-state index in [1.54, 1.807) is 23.0 Å². The predicted molar refractivity (Wildman–Crippen MR) is 112 cm³/mol. The number of carbonyl (C=O) groups is 1. The fourth-order valence-corrected chi connectivity index (χ4v) is 4.32. The Hall–Kier alpha value is -2.72. The second kappa shape index (κ2) is 7.21. The molecule has 2 atom stereocenters. The van der Waals surface area contributed by atoms with Gasteiger partial charge in [0.25, 0.3) is 0 Å². The highest BCUT2D eigenvalue weighted by Crippen LogP contribution is 2.39. The lowest BCUT2D eigenvalue weighted by Crippen LogP contribution is -2.15. The van der Waals surface area contributed by atoms with Gasteiger partial charge in [0, 0.05) is 28.5 Å². The van der Waals surface area contributed by atoms with Crippen LogP contribution in [0.5, 0.6) is 0 Å². The highest BCUT2D eigenvalue weighted by molar-refractivity contribution is 7.97. The minimum absolute atomic E-state index is 0.0313. The molecule has 0 radical (unpaired) electrons. The lowest BCUT2D eigenvalue weighted by molar-refractivity contribution is -0.117. The summed E-state index contributed by atoms with van der Waals surface area (Å²) in [5.74, 6) is -0.779. The number of amides is 1. The molecule has 3 heterocycles. The monoisotopic (exact) mass is 448 g/mol. The number of alkyl halides is 1. The van der Waals surface area contributed by atoms with E-state index in [2.05, 4.69) is 25.5 Å². The molecule has 1 aromatic carbocycles. The quantitative estimate of drug-likeness (QED) is 0.477. The van der Waals surface area contributed by atoms with Crippen LogP contribution in [0.4, 0.5) is 14.6 Å². The Labute approximate surface area is 178 Å². The zero-order chi connectivity index (χ0) is 21.0. The smallest absolute Gasteiger partial charge is 0.231 e. The van der Waals surface area contributed by atoms with Crippen LogP contribution < -0.4 is 5.32 Å². The van der Waals surface area contributed by atoms with Crippen molar-refractivity contribution in [1.29, 1.82) is 0 Å². The summed E-state index contributed by atoms with van der Waals surface area (Å²) in [5, 5.41) is 10.1.